The summed E-state index contributed by atoms with van der Waals surface area (Å²) in [5.74, 6) is 0.575. The number of fused-ring (bicyclic) bond motifs is 1. The molecule has 1 nitrogen and oxygen atoms in total. The number of benzene rings is 1. The molecule has 2 rings (SSSR count). The second-order valence-corrected chi connectivity index (χ2v) is 3.99. The highest BCUT2D eigenvalue weighted by molar-refractivity contribution is 5.79. The van der Waals surface area contributed by atoms with E-state index in [9.17, 15) is 4.79 Å². The monoisotopic (exact) mass is 174 g/mol. The van der Waals surface area contributed by atoms with Gasteiger partial charge in [-0.25, -0.2) is 0 Å². The smallest absolute Gasteiger partial charge is 0.133 e. The Morgan fingerprint density at radius 1 is 1.31 bits per heavy atom. The summed E-state index contributed by atoms with van der Waals surface area (Å²) in [6.07, 6.45) is 1.90. The zero-order valence-electron chi connectivity index (χ0n) is 8.13. The van der Waals surface area contributed by atoms with Gasteiger partial charge in [0.25, 0.3) is 0 Å². The van der Waals surface area contributed by atoms with Gasteiger partial charge in [-0.05, 0) is 37.8 Å². The molecular formula is C12H14O. The van der Waals surface area contributed by atoms with E-state index >= 15 is 0 Å². The molecule has 0 heterocycles. The molecule has 0 aliphatic heterocycles. The average molecular weight is 174 g/mol. The van der Waals surface area contributed by atoms with Crippen LogP contribution in [0.2, 0.25) is 0 Å². The molecule has 0 N–H and O–H groups in total. The van der Waals surface area contributed by atoms with E-state index < -0.39 is 0 Å². The molecule has 13 heavy (non-hydrogen) atoms. The number of carbonyl (C=O) groups is 1. The van der Waals surface area contributed by atoms with E-state index in [1.807, 2.05) is 0 Å². The number of carbonyl (C=O) groups excluding carboxylic acids is 1. The summed E-state index contributed by atoms with van der Waals surface area (Å²) >= 11 is 0. The van der Waals surface area contributed by atoms with E-state index in [2.05, 4.69) is 25.1 Å². The zero-order valence-corrected chi connectivity index (χ0v) is 8.13. The minimum Gasteiger partial charge on any atom is -0.300 e. The highest BCUT2D eigenvalue weighted by Crippen LogP contribution is 2.27. The number of aryl methyl sites for hydroxylation is 1. The lowest BCUT2D eigenvalue weighted by molar-refractivity contribution is -0.120. The summed E-state index contributed by atoms with van der Waals surface area (Å²) in [6, 6.07) is 6.49. The maximum absolute atomic E-state index is 11.2. The molecule has 0 fully saturated rings. The highest BCUT2D eigenvalue weighted by Gasteiger charge is 2.24. The summed E-state index contributed by atoms with van der Waals surface area (Å²) < 4.78 is 0. The second-order valence-electron chi connectivity index (χ2n) is 3.99. The molecule has 0 saturated carbocycles. The van der Waals surface area contributed by atoms with Gasteiger partial charge < -0.3 is 0 Å². The first-order valence-electron chi connectivity index (χ1n) is 4.75. The first-order valence-corrected chi connectivity index (χ1v) is 4.75. The number of ketones is 1. The van der Waals surface area contributed by atoms with E-state index in [0.29, 0.717) is 5.78 Å². The third-order valence-electron chi connectivity index (χ3n) is 2.87. The highest BCUT2D eigenvalue weighted by atomic mass is 16.1. The van der Waals surface area contributed by atoms with Crippen molar-refractivity contribution in [3.05, 3.63) is 34.9 Å². The Balaban J connectivity index is 2.30. The predicted octanol–water partition coefficient (Wildman–Crippen LogP) is 2.30. The third-order valence-corrected chi connectivity index (χ3v) is 2.87. The zero-order chi connectivity index (χ0) is 9.42. The minimum absolute atomic E-state index is 0.247. The van der Waals surface area contributed by atoms with E-state index in [-0.39, 0.29) is 5.92 Å². The molecule has 68 valence electrons. The fraction of sp³-hybridized carbons (Fsp3) is 0.417. The van der Waals surface area contributed by atoms with Gasteiger partial charge in [0.2, 0.25) is 0 Å². The molecule has 1 unspecified atom stereocenters. The van der Waals surface area contributed by atoms with Crippen molar-refractivity contribution in [3.63, 3.8) is 0 Å². The first kappa shape index (κ1) is 8.49. The quantitative estimate of drug-likeness (QED) is 0.638. The SMILES string of the molecule is CC(=O)C1Cc2ccc(C)cc2C1. The molecule has 1 aliphatic carbocycles. The lowest BCUT2D eigenvalue weighted by Gasteiger charge is -2.00. The van der Waals surface area contributed by atoms with E-state index in [1.165, 1.54) is 16.7 Å². The molecule has 1 aliphatic rings. The molecular weight excluding hydrogens is 160 g/mol. The summed E-state index contributed by atoms with van der Waals surface area (Å²) in [5, 5.41) is 0. The molecule has 0 saturated heterocycles. The Labute approximate surface area is 78.8 Å². The predicted molar refractivity (Wildman–Crippen MR) is 52.8 cm³/mol. The van der Waals surface area contributed by atoms with Crippen molar-refractivity contribution in [2.24, 2.45) is 5.92 Å². The number of Topliss-reactive ketones (excluding diaryl/α,β-unsaturated/α-hetero) is 1. The largest absolute Gasteiger partial charge is 0.300 e. The van der Waals surface area contributed by atoms with Gasteiger partial charge >= 0.3 is 0 Å². The fourth-order valence-electron chi connectivity index (χ4n) is 2.03. The van der Waals surface area contributed by atoms with Gasteiger partial charge in [0.05, 0.1) is 0 Å². The first-order chi connectivity index (χ1) is 6.16. The van der Waals surface area contributed by atoms with Crippen LogP contribution in [0.1, 0.15) is 23.6 Å². The summed E-state index contributed by atoms with van der Waals surface area (Å²) in [4.78, 5) is 11.2. The van der Waals surface area contributed by atoms with Crippen LogP contribution in [0.5, 0.6) is 0 Å². The number of hydrogen-bond donors (Lipinski definition) is 0. The van der Waals surface area contributed by atoms with Crippen LogP contribution >= 0.6 is 0 Å². The normalized spacial score (nSPS) is 20.0. The average Bonchev–Trinajstić information content (AvgIpc) is 2.46. The number of rotatable bonds is 1. The Kier molecular flexibility index (Phi) is 1.95. The molecule has 0 amide bonds. The van der Waals surface area contributed by atoms with E-state index in [1.54, 1.807) is 6.92 Å². The Bertz CT molecular complexity index is 352. The van der Waals surface area contributed by atoms with Crippen molar-refractivity contribution in [1.29, 1.82) is 0 Å². The maximum Gasteiger partial charge on any atom is 0.133 e. The lowest BCUT2D eigenvalue weighted by atomic mass is 10.0. The lowest BCUT2D eigenvalue weighted by Crippen LogP contribution is -2.09. The Morgan fingerprint density at radius 2 is 2.00 bits per heavy atom. The number of hydrogen-bond acceptors (Lipinski definition) is 1. The van der Waals surface area contributed by atoms with E-state index in [4.69, 9.17) is 0 Å². The van der Waals surface area contributed by atoms with Gasteiger partial charge in [0, 0.05) is 5.92 Å². The van der Waals surface area contributed by atoms with Crippen molar-refractivity contribution < 1.29 is 4.79 Å². The molecule has 0 aromatic heterocycles. The van der Waals surface area contributed by atoms with Crippen molar-refractivity contribution in [3.8, 4) is 0 Å². The fourth-order valence-corrected chi connectivity index (χ4v) is 2.03. The summed E-state index contributed by atoms with van der Waals surface area (Å²) in [7, 11) is 0. The van der Waals surface area contributed by atoms with Crippen LogP contribution in [0.15, 0.2) is 18.2 Å². The van der Waals surface area contributed by atoms with Gasteiger partial charge in [-0.3, -0.25) is 4.79 Å². The minimum atomic E-state index is 0.247. The van der Waals surface area contributed by atoms with Crippen molar-refractivity contribution >= 4 is 5.78 Å². The van der Waals surface area contributed by atoms with Gasteiger partial charge in [0.1, 0.15) is 5.78 Å². The van der Waals surface area contributed by atoms with Gasteiger partial charge in [-0.1, -0.05) is 23.8 Å². The van der Waals surface area contributed by atoms with Crippen LogP contribution in [0.4, 0.5) is 0 Å². The maximum atomic E-state index is 11.2. The molecule has 0 radical (unpaired) electrons. The van der Waals surface area contributed by atoms with Crippen LogP contribution in [0.25, 0.3) is 0 Å². The van der Waals surface area contributed by atoms with Crippen LogP contribution in [0.3, 0.4) is 0 Å². The Hall–Kier alpha value is -1.11. The van der Waals surface area contributed by atoms with Crippen LogP contribution in [0, 0.1) is 12.8 Å². The van der Waals surface area contributed by atoms with E-state index in [0.717, 1.165) is 12.8 Å². The van der Waals surface area contributed by atoms with Crippen molar-refractivity contribution in [1.82, 2.24) is 0 Å². The van der Waals surface area contributed by atoms with Crippen molar-refractivity contribution in [2.75, 3.05) is 0 Å². The van der Waals surface area contributed by atoms with Gasteiger partial charge in [0.15, 0.2) is 0 Å². The second kappa shape index (κ2) is 2.99. The van der Waals surface area contributed by atoms with Gasteiger partial charge in [-0.2, -0.15) is 0 Å². The van der Waals surface area contributed by atoms with Crippen LogP contribution in [-0.4, -0.2) is 5.78 Å². The molecule has 1 aromatic carbocycles. The third kappa shape index (κ3) is 1.51. The van der Waals surface area contributed by atoms with Crippen molar-refractivity contribution in [2.45, 2.75) is 26.7 Å². The molecule has 0 bridgehead atoms. The molecule has 1 atom stereocenters. The van der Waals surface area contributed by atoms with Crippen LogP contribution < -0.4 is 0 Å². The molecule has 1 aromatic rings. The van der Waals surface area contributed by atoms with Crippen LogP contribution in [-0.2, 0) is 17.6 Å². The standard InChI is InChI=1S/C12H14O/c1-8-3-4-10-6-11(9(2)13)7-12(10)5-8/h3-5,11H,6-7H2,1-2H3. The molecule has 1 heteroatoms. The Morgan fingerprint density at radius 3 is 2.69 bits per heavy atom. The van der Waals surface area contributed by atoms with Gasteiger partial charge in [-0.15, -0.1) is 0 Å². The summed E-state index contributed by atoms with van der Waals surface area (Å²) in [6.45, 7) is 3.80. The summed E-state index contributed by atoms with van der Waals surface area (Å²) in [5.41, 5.74) is 4.04. The molecule has 0 spiro atoms. The topological polar surface area (TPSA) is 17.1 Å².